The highest BCUT2D eigenvalue weighted by atomic mass is 16.5. The van der Waals surface area contributed by atoms with E-state index in [2.05, 4.69) is 0 Å². The van der Waals surface area contributed by atoms with Crippen LogP contribution in [0.3, 0.4) is 0 Å². The molecule has 154 valence electrons. The number of hydrogen-bond donors (Lipinski definition) is 0. The summed E-state index contributed by atoms with van der Waals surface area (Å²) in [4.78, 5) is 37.7. The highest BCUT2D eigenvalue weighted by Gasteiger charge is 2.59. The molecule has 2 fully saturated rings. The van der Waals surface area contributed by atoms with Crippen molar-refractivity contribution >= 4 is 22.8 Å². The van der Waals surface area contributed by atoms with Crippen molar-refractivity contribution in [3.05, 3.63) is 40.2 Å². The zero-order valence-corrected chi connectivity index (χ0v) is 16.7. The summed E-state index contributed by atoms with van der Waals surface area (Å²) in [7, 11) is 1.42. The summed E-state index contributed by atoms with van der Waals surface area (Å²) in [5, 5.41) is 0.872. The number of fused-ring (bicyclic) bond motifs is 1. The number of carbonyl (C=O) groups excluding carboxylic acids is 2. The zero-order chi connectivity index (χ0) is 20.6. The van der Waals surface area contributed by atoms with E-state index in [0.29, 0.717) is 24.4 Å². The van der Waals surface area contributed by atoms with E-state index >= 15 is 0 Å². The molecule has 1 saturated heterocycles. The van der Waals surface area contributed by atoms with E-state index in [4.69, 9.17) is 13.9 Å². The van der Waals surface area contributed by atoms with Gasteiger partial charge in [0.25, 0.3) is 5.91 Å². The summed E-state index contributed by atoms with van der Waals surface area (Å²) < 4.78 is 15.8. The van der Waals surface area contributed by atoms with Gasteiger partial charge in [0.1, 0.15) is 11.3 Å². The van der Waals surface area contributed by atoms with Crippen LogP contribution in [0.5, 0.6) is 5.75 Å². The first-order chi connectivity index (χ1) is 14.0. The molecule has 2 aromatic rings. The summed E-state index contributed by atoms with van der Waals surface area (Å²) in [6.07, 6.45) is 3.23. The summed E-state index contributed by atoms with van der Waals surface area (Å²) in [5.41, 5.74) is 1.01. The first kappa shape index (κ1) is 19.5. The molecular formula is C22H25NO6. The Bertz CT molecular complexity index is 1000. The lowest BCUT2D eigenvalue weighted by Crippen LogP contribution is -2.42. The second-order valence-electron chi connectivity index (χ2n) is 7.91. The second-order valence-corrected chi connectivity index (χ2v) is 7.91. The number of amides is 1. The summed E-state index contributed by atoms with van der Waals surface area (Å²) in [6, 6.07) is 6.78. The van der Waals surface area contributed by atoms with Crippen molar-refractivity contribution in [2.75, 3.05) is 26.8 Å². The molecule has 1 aromatic heterocycles. The molecule has 0 bridgehead atoms. The molecule has 1 amide bonds. The maximum absolute atomic E-state index is 12.5. The lowest BCUT2D eigenvalue weighted by molar-refractivity contribution is -0.143. The monoisotopic (exact) mass is 399 g/mol. The third-order valence-electron chi connectivity index (χ3n) is 6.33. The Balaban J connectivity index is 1.35. The minimum Gasteiger partial charge on any atom is -0.484 e. The van der Waals surface area contributed by atoms with Crippen molar-refractivity contribution in [3.63, 3.8) is 0 Å². The quantitative estimate of drug-likeness (QED) is 0.567. The van der Waals surface area contributed by atoms with Crippen molar-refractivity contribution in [1.29, 1.82) is 0 Å². The number of methoxy groups -OCH3 is 1. The van der Waals surface area contributed by atoms with Gasteiger partial charge in [0.15, 0.2) is 6.61 Å². The number of ether oxygens (including phenoxy) is 2. The van der Waals surface area contributed by atoms with Gasteiger partial charge in [-0.2, -0.15) is 0 Å². The number of likely N-dealkylation sites (tertiary alicyclic amines) is 1. The lowest BCUT2D eigenvalue weighted by atomic mass is 9.91. The van der Waals surface area contributed by atoms with Gasteiger partial charge in [0.2, 0.25) is 0 Å². The van der Waals surface area contributed by atoms with E-state index in [1.165, 1.54) is 13.2 Å². The number of esters is 1. The molecule has 0 radical (unpaired) electrons. The molecule has 1 aliphatic carbocycles. The standard InChI is InChI=1S/C22H25NO6/c1-3-14-10-20(25)29-18-11-15(4-5-16(14)18)28-13-19(24)23-8-6-22(7-9-23)12-17(22)21(26)27-2/h4-5,10-11,17H,3,6-9,12-13H2,1-2H3. The average molecular weight is 399 g/mol. The van der Waals surface area contributed by atoms with Crippen LogP contribution in [0.15, 0.2) is 33.5 Å². The van der Waals surface area contributed by atoms with Crippen molar-refractivity contribution in [3.8, 4) is 5.75 Å². The minimum atomic E-state index is -0.393. The van der Waals surface area contributed by atoms with Crippen LogP contribution in [0, 0.1) is 11.3 Å². The Morgan fingerprint density at radius 3 is 2.69 bits per heavy atom. The van der Waals surface area contributed by atoms with Gasteiger partial charge >= 0.3 is 11.6 Å². The number of benzene rings is 1. The number of aryl methyl sites for hydroxylation is 1. The fourth-order valence-corrected chi connectivity index (χ4v) is 4.41. The van der Waals surface area contributed by atoms with Crippen LogP contribution in [-0.2, 0) is 20.7 Å². The van der Waals surface area contributed by atoms with Crippen molar-refractivity contribution in [1.82, 2.24) is 4.90 Å². The molecular weight excluding hydrogens is 374 g/mol. The molecule has 2 heterocycles. The fourth-order valence-electron chi connectivity index (χ4n) is 4.41. The summed E-state index contributed by atoms with van der Waals surface area (Å²) >= 11 is 0. The number of hydrogen-bond acceptors (Lipinski definition) is 6. The van der Waals surface area contributed by atoms with Gasteiger partial charge in [-0.15, -0.1) is 0 Å². The van der Waals surface area contributed by atoms with Crippen molar-refractivity contribution in [2.24, 2.45) is 11.3 Å². The highest BCUT2D eigenvalue weighted by Crippen LogP contribution is 2.59. The lowest BCUT2D eigenvalue weighted by Gasteiger charge is -2.32. The number of rotatable bonds is 5. The Kier molecular flexibility index (Phi) is 5.06. The van der Waals surface area contributed by atoms with E-state index in [0.717, 1.165) is 36.6 Å². The third kappa shape index (κ3) is 3.73. The topological polar surface area (TPSA) is 86.0 Å². The minimum absolute atomic E-state index is 0.0127. The van der Waals surface area contributed by atoms with Crippen LogP contribution in [0.25, 0.3) is 11.0 Å². The average Bonchev–Trinajstić information content (AvgIpc) is 3.44. The second kappa shape index (κ2) is 7.54. The first-order valence-corrected chi connectivity index (χ1v) is 10.0. The van der Waals surface area contributed by atoms with Gasteiger partial charge in [-0.3, -0.25) is 9.59 Å². The maximum Gasteiger partial charge on any atom is 0.336 e. The van der Waals surface area contributed by atoms with Gasteiger partial charge in [0.05, 0.1) is 13.0 Å². The molecule has 1 spiro atoms. The third-order valence-corrected chi connectivity index (χ3v) is 6.33. The maximum atomic E-state index is 12.5. The van der Waals surface area contributed by atoms with Crippen LogP contribution >= 0.6 is 0 Å². The van der Waals surface area contributed by atoms with Gasteiger partial charge in [-0.25, -0.2) is 4.79 Å². The molecule has 1 aromatic carbocycles. The highest BCUT2D eigenvalue weighted by molar-refractivity contribution is 5.82. The van der Waals surface area contributed by atoms with Crippen LogP contribution in [0.4, 0.5) is 0 Å². The number of piperidine rings is 1. The van der Waals surface area contributed by atoms with Crippen molar-refractivity contribution in [2.45, 2.75) is 32.6 Å². The van der Waals surface area contributed by atoms with Crippen molar-refractivity contribution < 1.29 is 23.5 Å². The number of nitrogens with zero attached hydrogens (tertiary/aromatic N) is 1. The smallest absolute Gasteiger partial charge is 0.336 e. The molecule has 7 heteroatoms. The fraction of sp³-hybridized carbons (Fsp3) is 0.500. The first-order valence-electron chi connectivity index (χ1n) is 10.0. The summed E-state index contributed by atoms with van der Waals surface area (Å²) in [5.74, 6) is 0.256. The van der Waals surface area contributed by atoms with Gasteiger partial charge in [-0.1, -0.05) is 6.92 Å². The molecule has 1 atom stereocenters. The largest absolute Gasteiger partial charge is 0.484 e. The Morgan fingerprint density at radius 2 is 2.00 bits per heavy atom. The SMILES string of the molecule is CCc1cc(=O)oc2cc(OCC(=O)N3CCC4(CC3)CC4C(=O)OC)ccc12. The Morgan fingerprint density at radius 1 is 1.24 bits per heavy atom. The number of carbonyl (C=O) groups is 2. The molecule has 4 rings (SSSR count). The normalized spacial score (nSPS) is 19.9. The Hall–Kier alpha value is -2.83. The Labute approximate surface area is 168 Å². The molecule has 1 saturated carbocycles. The van der Waals surface area contributed by atoms with E-state index in [1.807, 2.05) is 13.0 Å². The predicted molar refractivity (Wildman–Crippen MR) is 106 cm³/mol. The molecule has 7 nitrogen and oxygen atoms in total. The van der Waals surface area contributed by atoms with Crippen LogP contribution in [0.2, 0.25) is 0 Å². The van der Waals surface area contributed by atoms with Crippen LogP contribution < -0.4 is 10.4 Å². The molecule has 1 aliphatic heterocycles. The van der Waals surface area contributed by atoms with E-state index in [-0.39, 0.29) is 29.8 Å². The van der Waals surface area contributed by atoms with E-state index in [9.17, 15) is 14.4 Å². The molecule has 0 N–H and O–H groups in total. The van der Waals surface area contributed by atoms with Crippen LogP contribution in [0.1, 0.15) is 31.7 Å². The van der Waals surface area contributed by atoms with Gasteiger partial charge in [-0.05, 0) is 48.8 Å². The van der Waals surface area contributed by atoms with Gasteiger partial charge < -0.3 is 18.8 Å². The van der Waals surface area contributed by atoms with Gasteiger partial charge in [0, 0.05) is 30.6 Å². The van der Waals surface area contributed by atoms with E-state index < -0.39 is 5.63 Å². The molecule has 29 heavy (non-hydrogen) atoms. The molecule has 1 unspecified atom stereocenters. The summed E-state index contributed by atoms with van der Waals surface area (Å²) in [6.45, 7) is 3.16. The predicted octanol–water partition coefficient (Wildman–Crippen LogP) is 2.54. The zero-order valence-electron chi connectivity index (χ0n) is 16.7. The van der Waals surface area contributed by atoms with E-state index in [1.54, 1.807) is 17.0 Å². The molecule has 2 aliphatic rings. The van der Waals surface area contributed by atoms with Crippen LogP contribution in [-0.4, -0.2) is 43.6 Å².